The van der Waals surface area contributed by atoms with Crippen LogP contribution in [0.25, 0.3) is 10.9 Å². The molecule has 0 spiro atoms. The Morgan fingerprint density at radius 3 is 2.48 bits per heavy atom. The number of nitrogens with one attached hydrogen (secondary N) is 3. The summed E-state index contributed by atoms with van der Waals surface area (Å²) in [5, 5.41) is 15.0. The number of rotatable bonds is 9. The van der Waals surface area contributed by atoms with Crippen LogP contribution < -0.4 is 16.2 Å². The lowest BCUT2D eigenvalue weighted by molar-refractivity contribution is -0.120. The minimum Gasteiger partial charge on any atom is -0.388 e. The van der Waals surface area contributed by atoms with Crippen molar-refractivity contribution in [2.24, 2.45) is 0 Å². The first-order chi connectivity index (χ1) is 15.0. The van der Waals surface area contributed by atoms with Crippen LogP contribution in [0.2, 0.25) is 0 Å². The molecule has 0 unspecified atom stereocenters. The third-order valence-electron chi connectivity index (χ3n) is 5.03. The molecule has 2 aromatic carbocycles. The van der Waals surface area contributed by atoms with Crippen LogP contribution in [-0.2, 0) is 24.2 Å². The van der Waals surface area contributed by atoms with Gasteiger partial charge in [-0.15, -0.1) is 0 Å². The normalized spacial score (nSPS) is 10.8. The molecular weight excluding hydrogens is 396 g/mol. The van der Waals surface area contributed by atoms with Crippen molar-refractivity contribution < 1.29 is 14.7 Å². The Labute approximate surface area is 179 Å². The van der Waals surface area contributed by atoms with E-state index in [0.717, 1.165) is 24.0 Å². The third kappa shape index (κ3) is 5.99. The minimum absolute atomic E-state index is 0.0409. The highest BCUT2D eigenvalue weighted by Gasteiger charge is 2.07. The molecule has 0 aliphatic rings. The van der Waals surface area contributed by atoms with Crippen LogP contribution in [0, 0.1) is 0 Å². The Hall–Kier alpha value is -3.52. The summed E-state index contributed by atoms with van der Waals surface area (Å²) in [5.74, 6) is 0.0496. The summed E-state index contributed by atoms with van der Waals surface area (Å²) in [4.78, 5) is 42.3. The number of aromatic amines is 1. The van der Waals surface area contributed by atoms with Crippen molar-refractivity contribution in [1.29, 1.82) is 0 Å². The highest BCUT2D eigenvalue weighted by Crippen LogP contribution is 2.14. The molecule has 0 saturated carbocycles. The van der Waals surface area contributed by atoms with Crippen LogP contribution in [0.3, 0.4) is 0 Å². The van der Waals surface area contributed by atoms with E-state index in [2.05, 4.69) is 20.6 Å². The average Bonchev–Trinajstić information content (AvgIpc) is 2.80. The van der Waals surface area contributed by atoms with Crippen molar-refractivity contribution >= 4 is 22.7 Å². The van der Waals surface area contributed by atoms with Gasteiger partial charge in [0, 0.05) is 25.6 Å². The van der Waals surface area contributed by atoms with Crippen LogP contribution in [0.5, 0.6) is 0 Å². The average molecular weight is 422 g/mol. The SMILES string of the molecule is CNC(=O)CCCNC(=O)c1ccc(CCc2ccc3nc(CO)[nH]c(=O)c3c2)cc1. The van der Waals surface area contributed by atoms with Crippen molar-refractivity contribution in [1.82, 2.24) is 20.6 Å². The Morgan fingerprint density at radius 2 is 1.77 bits per heavy atom. The fraction of sp³-hybridized carbons (Fsp3) is 0.304. The number of benzene rings is 2. The third-order valence-corrected chi connectivity index (χ3v) is 5.03. The zero-order valence-corrected chi connectivity index (χ0v) is 17.4. The summed E-state index contributed by atoms with van der Waals surface area (Å²) in [6.07, 6.45) is 2.48. The molecule has 2 amide bonds. The topological polar surface area (TPSA) is 124 Å². The molecule has 4 N–H and O–H groups in total. The van der Waals surface area contributed by atoms with Gasteiger partial charge in [0.15, 0.2) is 0 Å². The molecule has 8 heteroatoms. The molecule has 0 bridgehead atoms. The first kappa shape index (κ1) is 22.2. The first-order valence-electron chi connectivity index (χ1n) is 10.2. The molecule has 0 fully saturated rings. The van der Waals surface area contributed by atoms with Crippen LogP contribution in [0.15, 0.2) is 47.3 Å². The quantitative estimate of drug-likeness (QED) is 0.389. The van der Waals surface area contributed by atoms with Gasteiger partial charge in [-0.3, -0.25) is 14.4 Å². The molecule has 162 valence electrons. The number of fused-ring (bicyclic) bond motifs is 1. The van der Waals surface area contributed by atoms with Crippen LogP contribution >= 0.6 is 0 Å². The van der Waals surface area contributed by atoms with Crippen LogP contribution in [0.1, 0.15) is 40.2 Å². The monoisotopic (exact) mass is 422 g/mol. The van der Waals surface area contributed by atoms with E-state index in [0.29, 0.717) is 35.9 Å². The summed E-state index contributed by atoms with van der Waals surface area (Å²) in [7, 11) is 1.59. The molecule has 0 saturated heterocycles. The lowest BCUT2D eigenvalue weighted by atomic mass is 10.0. The number of aliphatic hydroxyl groups is 1. The number of H-pyrrole nitrogens is 1. The van der Waals surface area contributed by atoms with Gasteiger partial charge >= 0.3 is 0 Å². The zero-order chi connectivity index (χ0) is 22.2. The van der Waals surface area contributed by atoms with Gasteiger partial charge in [-0.2, -0.15) is 0 Å². The molecular formula is C23H26N4O4. The van der Waals surface area contributed by atoms with Gasteiger partial charge in [0.2, 0.25) is 5.91 Å². The molecule has 3 rings (SSSR count). The second-order valence-corrected chi connectivity index (χ2v) is 7.25. The smallest absolute Gasteiger partial charge is 0.258 e. The molecule has 0 aliphatic heterocycles. The molecule has 1 aromatic heterocycles. The number of hydrogen-bond acceptors (Lipinski definition) is 5. The number of aromatic nitrogens is 2. The van der Waals surface area contributed by atoms with E-state index in [9.17, 15) is 14.4 Å². The van der Waals surface area contributed by atoms with Gasteiger partial charge in [-0.1, -0.05) is 18.2 Å². The molecule has 0 atom stereocenters. The van der Waals surface area contributed by atoms with E-state index in [4.69, 9.17) is 5.11 Å². The van der Waals surface area contributed by atoms with Gasteiger partial charge in [0.05, 0.1) is 10.9 Å². The second kappa shape index (κ2) is 10.5. The zero-order valence-electron chi connectivity index (χ0n) is 17.4. The highest BCUT2D eigenvalue weighted by molar-refractivity contribution is 5.94. The van der Waals surface area contributed by atoms with E-state index in [1.807, 2.05) is 24.3 Å². The van der Waals surface area contributed by atoms with E-state index < -0.39 is 0 Å². The lowest BCUT2D eigenvalue weighted by Gasteiger charge is -2.07. The molecule has 8 nitrogen and oxygen atoms in total. The first-order valence-corrected chi connectivity index (χ1v) is 10.2. The lowest BCUT2D eigenvalue weighted by Crippen LogP contribution is -2.26. The van der Waals surface area contributed by atoms with Crippen molar-refractivity contribution in [2.75, 3.05) is 13.6 Å². The number of carbonyl (C=O) groups excluding carboxylic acids is 2. The molecule has 1 heterocycles. The number of amides is 2. The van der Waals surface area contributed by atoms with Crippen molar-refractivity contribution in [3.05, 3.63) is 75.3 Å². The second-order valence-electron chi connectivity index (χ2n) is 7.25. The van der Waals surface area contributed by atoms with Gasteiger partial charge in [0.25, 0.3) is 11.5 Å². The number of carbonyl (C=O) groups is 2. The standard InChI is InChI=1S/C23H26N4O4/c1-24-21(29)3-2-12-25-22(30)17-9-6-15(7-10-17)4-5-16-8-11-19-18(13-16)23(31)27-20(14-28)26-19/h6-11,13,28H,2-5,12,14H2,1H3,(H,24,29)(H,25,30)(H,26,27,31). The Morgan fingerprint density at radius 1 is 1.06 bits per heavy atom. The maximum atomic E-state index is 12.2. The fourth-order valence-corrected chi connectivity index (χ4v) is 3.25. The Balaban J connectivity index is 1.55. The van der Waals surface area contributed by atoms with Gasteiger partial charge in [-0.25, -0.2) is 4.98 Å². The maximum Gasteiger partial charge on any atom is 0.258 e. The fourth-order valence-electron chi connectivity index (χ4n) is 3.25. The van der Waals surface area contributed by atoms with E-state index in [1.165, 1.54) is 0 Å². The van der Waals surface area contributed by atoms with E-state index >= 15 is 0 Å². The Bertz CT molecular complexity index is 1120. The minimum atomic E-state index is -0.309. The van der Waals surface area contributed by atoms with Crippen LogP contribution in [-0.4, -0.2) is 40.5 Å². The predicted molar refractivity (Wildman–Crippen MR) is 118 cm³/mol. The van der Waals surface area contributed by atoms with Crippen LogP contribution in [0.4, 0.5) is 0 Å². The van der Waals surface area contributed by atoms with E-state index in [-0.39, 0.29) is 29.8 Å². The number of hydrogen-bond donors (Lipinski definition) is 4. The van der Waals surface area contributed by atoms with E-state index in [1.54, 1.807) is 25.2 Å². The van der Waals surface area contributed by atoms with Crippen molar-refractivity contribution in [3.63, 3.8) is 0 Å². The summed E-state index contributed by atoms with van der Waals surface area (Å²) in [6.45, 7) is 0.140. The summed E-state index contributed by atoms with van der Waals surface area (Å²) in [5.41, 5.74) is 2.96. The highest BCUT2D eigenvalue weighted by atomic mass is 16.3. The number of nitrogens with zero attached hydrogens (tertiary/aromatic N) is 1. The van der Waals surface area contributed by atoms with Gasteiger partial charge < -0.3 is 20.7 Å². The summed E-state index contributed by atoms with van der Waals surface area (Å²) >= 11 is 0. The molecule has 31 heavy (non-hydrogen) atoms. The Kier molecular flexibility index (Phi) is 7.50. The largest absolute Gasteiger partial charge is 0.388 e. The molecule has 3 aromatic rings. The van der Waals surface area contributed by atoms with Crippen molar-refractivity contribution in [3.8, 4) is 0 Å². The predicted octanol–water partition coefficient (Wildman–Crippen LogP) is 1.46. The van der Waals surface area contributed by atoms with Crippen molar-refractivity contribution in [2.45, 2.75) is 32.3 Å². The molecule has 0 radical (unpaired) electrons. The number of aryl methyl sites for hydroxylation is 2. The van der Waals surface area contributed by atoms with Gasteiger partial charge in [0.1, 0.15) is 12.4 Å². The van der Waals surface area contributed by atoms with Gasteiger partial charge in [-0.05, 0) is 54.7 Å². The maximum absolute atomic E-state index is 12.2. The summed E-state index contributed by atoms with van der Waals surface area (Å²) in [6, 6.07) is 12.9. The summed E-state index contributed by atoms with van der Waals surface area (Å²) < 4.78 is 0. The number of aliphatic hydroxyl groups excluding tert-OH is 1. The molecule has 0 aliphatic carbocycles.